The van der Waals surface area contributed by atoms with Crippen LogP contribution in [0.3, 0.4) is 0 Å². The molecular weight excluding hydrogens is 618 g/mol. The van der Waals surface area contributed by atoms with Gasteiger partial charge in [-0.2, -0.15) is 0 Å². The molecule has 0 bridgehead atoms. The Bertz CT molecular complexity index is 1540. The van der Waals surface area contributed by atoms with Gasteiger partial charge in [-0.3, -0.25) is 37.7 Å². The van der Waals surface area contributed by atoms with E-state index in [1.807, 2.05) is 9.97 Å². The first-order valence-electron chi connectivity index (χ1n) is 11.6. The summed E-state index contributed by atoms with van der Waals surface area (Å²) in [7, 11) is -6.24. The molecule has 2 aliphatic heterocycles. The fraction of sp³-hybridized carbons (Fsp3) is 0.579. The summed E-state index contributed by atoms with van der Waals surface area (Å²) in [5.41, 5.74) is -3.18. The molecule has 0 radical (unpaired) electrons. The largest absolute Gasteiger partial charge is 0.582 e. The summed E-state index contributed by atoms with van der Waals surface area (Å²) in [5, 5.41) is 20.6. The van der Waals surface area contributed by atoms with E-state index in [2.05, 4.69) is 12.2 Å². The smallest absolute Gasteiger partial charge is 0.387 e. The molecule has 22 heteroatoms. The van der Waals surface area contributed by atoms with Crippen LogP contribution in [-0.2, 0) is 36.9 Å². The van der Waals surface area contributed by atoms with Crippen LogP contribution in [0.25, 0.3) is 0 Å². The first-order chi connectivity index (χ1) is 19.3. The van der Waals surface area contributed by atoms with Crippen molar-refractivity contribution in [1.82, 2.24) is 19.1 Å². The number of hydrogen-bond donors (Lipinski definition) is 6. The molecule has 0 spiro atoms. The number of nitrogens with one attached hydrogen (secondary N) is 2. The Balaban J connectivity index is 1.42. The van der Waals surface area contributed by atoms with Crippen molar-refractivity contribution in [2.24, 2.45) is 0 Å². The molecule has 2 aromatic rings. The van der Waals surface area contributed by atoms with Gasteiger partial charge in [0.25, 0.3) is 11.1 Å². The summed E-state index contributed by atoms with van der Waals surface area (Å²) < 4.78 is 57.7. The number of phosphoric acid groups is 1. The SMILES string of the molecule is COC1C(O[P+](=O)S)[C@@H](COP(=O)(O)OC[C@H]2O[C@@H](n3ccc(=O)[nH]c3=O)C(O)C2O)O[C@H]1n1ccc(=O)[nH]c1=O. The van der Waals surface area contributed by atoms with E-state index in [4.69, 9.17) is 27.8 Å². The second-order valence-electron chi connectivity index (χ2n) is 8.71. The molecule has 0 aromatic carbocycles. The lowest BCUT2D eigenvalue weighted by atomic mass is 10.1. The number of H-pyrrole nitrogens is 2. The predicted molar refractivity (Wildman–Crippen MR) is 136 cm³/mol. The maximum atomic E-state index is 12.6. The molecule has 10 atom stereocenters. The topological polar surface area (TPSA) is 260 Å². The van der Waals surface area contributed by atoms with Gasteiger partial charge in [0.15, 0.2) is 18.6 Å². The maximum absolute atomic E-state index is 12.6. The van der Waals surface area contributed by atoms with E-state index in [-0.39, 0.29) is 0 Å². The highest BCUT2D eigenvalue weighted by molar-refractivity contribution is 8.39. The number of nitrogens with zero attached hydrogens (tertiary/aromatic N) is 2. The van der Waals surface area contributed by atoms with Gasteiger partial charge in [0, 0.05) is 31.6 Å². The van der Waals surface area contributed by atoms with E-state index in [1.54, 1.807) is 0 Å². The van der Waals surface area contributed by atoms with Crippen molar-refractivity contribution >= 4 is 27.3 Å². The zero-order valence-corrected chi connectivity index (χ0v) is 23.5. The van der Waals surface area contributed by atoms with Crippen molar-refractivity contribution < 1.29 is 52.0 Å². The Morgan fingerprint density at radius 2 is 1.44 bits per heavy atom. The van der Waals surface area contributed by atoms with E-state index >= 15 is 0 Å². The summed E-state index contributed by atoms with van der Waals surface area (Å²) in [6.07, 6.45) is -8.91. The molecular formula is C19H25N4O15P2S+. The number of thiol groups is 1. The average Bonchev–Trinajstić information content (AvgIpc) is 3.37. The van der Waals surface area contributed by atoms with Crippen LogP contribution in [0.15, 0.2) is 43.7 Å². The van der Waals surface area contributed by atoms with Gasteiger partial charge in [0.2, 0.25) is 0 Å². The third-order valence-electron chi connectivity index (χ3n) is 6.16. The number of aliphatic hydroxyl groups excluding tert-OH is 2. The molecule has 6 unspecified atom stereocenters. The molecule has 41 heavy (non-hydrogen) atoms. The zero-order valence-electron chi connectivity index (χ0n) is 20.8. The molecule has 0 saturated carbocycles. The second-order valence-corrected chi connectivity index (χ2v) is 11.8. The van der Waals surface area contributed by atoms with Crippen molar-refractivity contribution in [3.05, 3.63) is 66.2 Å². The summed E-state index contributed by atoms with van der Waals surface area (Å²) in [4.78, 5) is 61.2. The first kappa shape index (κ1) is 31.6. The molecule has 0 amide bonds. The van der Waals surface area contributed by atoms with Gasteiger partial charge in [-0.05, 0) is 4.57 Å². The quantitative estimate of drug-likeness (QED) is 0.111. The van der Waals surface area contributed by atoms with Gasteiger partial charge in [-0.1, -0.05) is 0 Å². The van der Waals surface area contributed by atoms with Gasteiger partial charge in [-0.25, -0.2) is 14.2 Å². The number of rotatable bonds is 11. The van der Waals surface area contributed by atoms with E-state index in [0.717, 1.165) is 33.7 Å². The van der Waals surface area contributed by atoms with E-state index in [9.17, 15) is 43.4 Å². The Morgan fingerprint density at radius 3 is 1.95 bits per heavy atom. The third-order valence-corrected chi connectivity index (χ3v) is 7.82. The highest BCUT2D eigenvalue weighted by Crippen LogP contribution is 2.47. The van der Waals surface area contributed by atoms with Crippen LogP contribution < -0.4 is 22.5 Å². The van der Waals surface area contributed by atoms with E-state index in [0.29, 0.717) is 0 Å². The van der Waals surface area contributed by atoms with Gasteiger partial charge in [0.1, 0.15) is 42.8 Å². The fourth-order valence-electron chi connectivity index (χ4n) is 4.27. The Kier molecular flexibility index (Phi) is 9.95. The highest BCUT2D eigenvalue weighted by Gasteiger charge is 2.52. The minimum Gasteiger partial charge on any atom is -0.387 e. The lowest BCUT2D eigenvalue weighted by molar-refractivity contribution is -0.0671. The number of aliphatic hydroxyl groups is 2. The lowest BCUT2D eigenvalue weighted by Gasteiger charge is -2.20. The molecule has 2 fully saturated rings. The third kappa shape index (κ3) is 7.19. The summed E-state index contributed by atoms with van der Waals surface area (Å²) in [6.45, 7) is -1.51. The van der Waals surface area contributed by atoms with Crippen LogP contribution in [-0.4, -0.2) is 91.2 Å². The second kappa shape index (κ2) is 12.9. The minimum absolute atomic E-state index is 0.677. The van der Waals surface area contributed by atoms with Crippen molar-refractivity contribution in [2.75, 3.05) is 20.3 Å². The van der Waals surface area contributed by atoms with Gasteiger partial charge >= 0.3 is 26.4 Å². The van der Waals surface area contributed by atoms with Crippen LogP contribution in [0.4, 0.5) is 0 Å². The van der Waals surface area contributed by atoms with E-state index in [1.165, 1.54) is 7.11 Å². The average molecular weight is 643 g/mol. The van der Waals surface area contributed by atoms with Crippen LogP contribution in [0.5, 0.6) is 0 Å². The van der Waals surface area contributed by atoms with Crippen LogP contribution in [0.2, 0.25) is 0 Å². The number of aromatic nitrogens is 4. The van der Waals surface area contributed by atoms with Gasteiger partial charge in [0.05, 0.1) is 13.2 Å². The normalized spacial score (nSPS) is 31.7. The lowest BCUT2D eigenvalue weighted by Crippen LogP contribution is -2.39. The monoisotopic (exact) mass is 643 g/mol. The van der Waals surface area contributed by atoms with Crippen molar-refractivity contribution in [1.29, 1.82) is 0 Å². The summed E-state index contributed by atoms with van der Waals surface area (Å²) in [6, 6.07) is 2.03. The molecule has 5 N–H and O–H groups in total. The fourth-order valence-corrected chi connectivity index (χ4v) is 5.81. The Hall–Kier alpha value is -2.32. The van der Waals surface area contributed by atoms with Gasteiger partial charge in [-0.15, -0.1) is 4.52 Å². The molecule has 2 saturated heterocycles. The molecule has 226 valence electrons. The van der Waals surface area contributed by atoms with Crippen LogP contribution in [0, 0.1) is 0 Å². The molecule has 0 aliphatic carbocycles. The first-order valence-corrected chi connectivity index (χ1v) is 15.4. The number of phosphoric ester groups is 1. The minimum atomic E-state index is -4.92. The summed E-state index contributed by atoms with van der Waals surface area (Å²) in [5.74, 6) is 0. The Morgan fingerprint density at radius 1 is 0.927 bits per heavy atom. The number of ether oxygens (including phenoxy) is 3. The van der Waals surface area contributed by atoms with Crippen molar-refractivity contribution in [2.45, 2.75) is 49.1 Å². The molecule has 19 nitrogen and oxygen atoms in total. The molecule has 4 rings (SSSR count). The van der Waals surface area contributed by atoms with E-state index < -0.39 is 99.8 Å². The Labute approximate surface area is 234 Å². The van der Waals surface area contributed by atoms with Gasteiger partial charge < -0.3 is 29.3 Å². The zero-order chi connectivity index (χ0) is 30.1. The predicted octanol–water partition coefficient (Wildman–Crippen LogP) is -2.28. The maximum Gasteiger partial charge on any atom is 0.582 e. The van der Waals surface area contributed by atoms with Crippen molar-refractivity contribution in [3.63, 3.8) is 0 Å². The van der Waals surface area contributed by atoms with Crippen LogP contribution in [0.1, 0.15) is 12.5 Å². The number of hydrogen-bond acceptors (Lipinski definition) is 14. The van der Waals surface area contributed by atoms with Crippen LogP contribution >= 0.6 is 27.3 Å². The highest BCUT2D eigenvalue weighted by atomic mass is 32.7. The molecule has 4 heterocycles. The molecule has 2 aromatic heterocycles. The number of methoxy groups -OCH3 is 1. The van der Waals surface area contributed by atoms with Crippen molar-refractivity contribution in [3.8, 4) is 0 Å². The molecule has 2 aliphatic rings. The summed E-state index contributed by atoms with van der Waals surface area (Å²) >= 11 is 3.71. The standard InChI is InChI=1S/C19H24N4O15P2S/c1-33-15-14(38-39(30)41)9(37-17(15)23-5-3-11(25)21-19(23)29)7-35-40(31,32)34-6-8-12(26)13(27)16(36-8)22-4-2-10(24)20-18(22)28/h2-5,8-9,12-17,26-27H,6-7H2,1H3,(H3-,20,21,24,25,28,29,30,31,32,41)/p+1/t8-,9-,12?,13?,14?,15?,16-,17-/m1/s1. The number of aromatic amines is 2.